The van der Waals surface area contributed by atoms with E-state index in [-0.39, 0.29) is 6.04 Å². The Kier molecular flexibility index (Phi) is 4.55. The topological polar surface area (TPSA) is 69.4 Å². The third kappa shape index (κ3) is 2.74. The summed E-state index contributed by atoms with van der Waals surface area (Å²) in [6.07, 6.45) is 1.76. The smallest absolute Gasteiger partial charge is 0.127 e. The number of rotatable bonds is 5. The van der Waals surface area contributed by atoms with E-state index in [0.29, 0.717) is 0 Å². The maximum atomic E-state index is 5.74. The molecule has 3 N–H and O–H groups in total. The average Bonchev–Trinajstić information content (AvgIpc) is 2.50. The van der Waals surface area contributed by atoms with E-state index in [1.54, 1.807) is 20.4 Å². The zero-order valence-corrected chi connectivity index (χ0v) is 11.9. The molecule has 0 fully saturated rings. The third-order valence-corrected chi connectivity index (χ3v) is 3.28. The molecule has 1 atom stereocenters. The van der Waals surface area contributed by atoms with Gasteiger partial charge in [-0.05, 0) is 30.7 Å². The lowest BCUT2D eigenvalue weighted by Crippen LogP contribution is -2.29. The number of aromatic nitrogens is 1. The number of pyridine rings is 1. The normalized spacial score (nSPS) is 12.0. The van der Waals surface area contributed by atoms with Gasteiger partial charge in [0, 0.05) is 23.5 Å². The van der Waals surface area contributed by atoms with Crippen molar-refractivity contribution in [2.24, 2.45) is 5.84 Å². The highest BCUT2D eigenvalue weighted by Crippen LogP contribution is 2.33. The Bertz CT molecular complexity index is 587. The zero-order valence-electron chi connectivity index (χ0n) is 11.9. The van der Waals surface area contributed by atoms with E-state index in [1.165, 1.54) is 0 Å². The van der Waals surface area contributed by atoms with Crippen molar-refractivity contribution in [1.82, 2.24) is 10.4 Å². The molecule has 20 heavy (non-hydrogen) atoms. The van der Waals surface area contributed by atoms with Gasteiger partial charge in [-0.25, -0.2) is 5.43 Å². The molecule has 0 radical (unpaired) electrons. The molecule has 2 rings (SSSR count). The second-order valence-electron chi connectivity index (χ2n) is 4.39. The second kappa shape index (κ2) is 6.36. The average molecular weight is 273 g/mol. The van der Waals surface area contributed by atoms with Crippen LogP contribution in [0.5, 0.6) is 11.5 Å². The molecule has 0 amide bonds. The van der Waals surface area contributed by atoms with Gasteiger partial charge in [-0.15, -0.1) is 0 Å². The Morgan fingerprint density at radius 3 is 2.55 bits per heavy atom. The summed E-state index contributed by atoms with van der Waals surface area (Å²) in [7, 11) is 3.25. The lowest BCUT2D eigenvalue weighted by molar-refractivity contribution is 0.387. The Morgan fingerprint density at radius 2 is 1.95 bits per heavy atom. The molecule has 0 aliphatic heterocycles. The summed E-state index contributed by atoms with van der Waals surface area (Å²) < 4.78 is 10.6. The van der Waals surface area contributed by atoms with Gasteiger partial charge in [0.1, 0.15) is 11.5 Å². The van der Waals surface area contributed by atoms with Gasteiger partial charge in [0.15, 0.2) is 0 Å². The van der Waals surface area contributed by atoms with Crippen molar-refractivity contribution in [3.8, 4) is 11.5 Å². The number of nitrogens with zero attached hydrogens (tertiary/aromatic N) is 1. The fourth-order valence-electron chi connectivity index (χ4n) is 2.21. The van der Waals surface area contributed by atoms with Gasteiger partial charge in [-0.2, -0.15) is 0 Å². The van der Waals surface area contributed by atoms with Gasteiger partial charge in [0.25, 0.3) is 0 Å². The first kappa shape index (κ1) is 14.3. The summed E-state index contributed by atoms with van der Waals surface area (Å²) in [6.45, 7) is 1.95. The molecule has 1 aromatic carbocycles. The molecule has 1 heterocycles. The maximum absolute atomic E-state index is 5.74. The van der Waals surface area contributed by atoms with Gasteiger partial charge in [-0.1, -0.05) is 6.07 Å². The van der Waals surface area contributed by atoms with Crippen LogP contribution >= 0.6 is 0 Å². The van der Waals surface area contributed by atoms with Crippen LogP contribution in [0.2, 0.25) is 0 Å². The van der Waals surface area contributed by atoms with Crippen LogP contribution in [0, 0.1) is 6.92 Å². The van der Waals surface area contributed by atoms with E-state index in [0.717, 1.165) is 28.3 Å². The van der Waals surface area contributed by atoms with Crippen molar-refractivity contribution < 1.29 is 9.47 Å². The quantitative estimate of drug-likeness (QED) is 0.644. The number of hydrogen-bond donors (Lipinski definition) is 2. The predicted octanol–water partition coefficient (Wildman–Crippen LogP) is 1.96. The van der Waals surface area contributed by atoms with Crippen molar-refractivity contribution >= 4 is 0 Å². The Balaban J connectivity index is 2.49. The molecule has 0 aliphatic rings. The number of nitrogens with one attached hydrogen (secondary N) is 1. The number of methoxy groups -OCH3 is 2. The van der Waals surface area contributed by atoms with Crippen LogP contribution in [0.1, 0.15) is 22.9 Å². The number of hydrogen-bond acceptors (Lipinski definition) is 5. The lowest BCUT2D eigenvalue weighted by Gasteiger charge is -2.21. The van der Waals surface area contributed by atoms with Crippen LogP contribution in [-0.2, 0) is 0 Å². The van der Waals surface area contributed by atoms with Crippen LogP contribution in [-0.4, -0.2) is 19.2 Å². The van der Waals surface area contributed by atoms with Crippen LogP contribution in [0.25, 0.3) is 0 Å². The zero-order chi connectivity index (χ0) is 14.5. The highest BCUT2D eigenvalue weighted by Gasteiger charge is 2.19. The number of hydrazine groups is 1. The fraction of sp³-hybridized carbons (Fsp3) is 0.267. The van der Waals surface area contributed by atoms with E-state index >= 15 is 0 Å². The van der Waals surface area contributed by atoms with Crippen LogP contribution in [0.15, 0.2) is 36.5 Å². The van der Waals surface area contributed by atoms with Crippen molar-refractivity contribution in [3.05, 3.63) is 53.3 Å². The number of aryl methyl sites for hydroxylation is 1. The van der Waals surface area contributed by atoms with Crippen molar-refractivity contribution in [2.75, 3.05) is 14.2 Å². The van der Waals surface area contributed by atoms with E-state index in [9.17, 15) is 0 Å². The van der Waals surface area contributed by atoms with E-state index in [2.05, 4.69) is 10.4 Å². The summed E-state index contributed by atoms with van der Waals surface area (Å²) in [6, 6.07) is 9.36. The molecule has 0 spiro atoms. The van der Waals surface area contributed by atoms with Gasteiger partial charge in [0.05, 0.1) is 20.3 Å². The molecule has 0 saturated carbocycles. The second-order valence-corrected chi connectivity index (χ2v) is 4.39. The molecule has 0 bridgehead atoms. The van der Waals surface area contributed by atoms with E-state index in [4.69, 9.17) is 15.3 Å². The van der Waals surface area contributed by atoms with Crippen molar-refractivity contribution in [3.63, 3.8) is 0 Å². The summed E-state index contributed by atoms with van der Waals surface area (Å²) in [5.74, 6) is 7.19. The lowest BCUT2D eigenvalue weighted by atomic mass is 9.97. The molecule has 1 aromatic heterocycles. The molecule has 106 valence electrons. The minimum Gasteiger partial charge on any atom is -0.497 e. The van der Waals surface area contributed by atoms with E-state index < -0.39 is 0 Å². The standard InChI is InChI=1S/C15H19N3O2/c1-10-12(5-4-8-17-10)15(18-16)13-7-6-11(19-2)9-14(13)20-3/h4-9,15,18H,16H2,1-3H3. The Labute approximate surface area is 118 Å². The SMILES string of the molecule is COc1ccc(C(NN)c2cccnc2C)c(OC)c1. The highest BCUT2D eigenvalue weighted by molar-refractivity contribution is 5.46. The first-order valence-corrected chi connectivity index (χ1v) is 6.30. The first-order valence-electron chi connectivity index (χ1n) is 6.30. The first-order chi connectivity index (χ1) is 9.71. The fourth-order valence-corrected chi connectivity index (χ4v) is 2.21. The number of nitrogens with two attached hydrogens (primary N) is 1. The highest BCUT2D eigenvalue weighted by atomic mass is 16.5. The molecule has 5 heteroatoms. The predicted molar refractivity (Wildman–Crippen MR) is 77.7 cm³/mol. The van der Waals surface area contributed by atoms with Gasteiger partial charge in [-0.3, -0.25) is 10.8 Å². The number of ether oxygens (including phenoxy) is 2. The van der Waals surface area contributed by atoms with Crippen molar-refractivity contribution in [1.29, 1.82) is 0 Å². The number of benzene rings is 1. The Hall–Kier alpha value is -2.11. The summed E-state index contributed by atoms with van der Waals surface area (Å²) >= 11 is 0. The van der Waals surface area contributed by atoms with Crippen LogP contribution in [0.3, 0.4) is 0 Å². The van der Waals surface area contributed by atoms with Crippen LogP contribution < -0.4 is 20.7 Å². The Morgan fingerprint density at radius 1 is 1.15 bits per heavy atom. The molecular weight excluding hydrogens is 254 g/mol. The molecule has 1 unspecified atom stereocenters. The monoisotopic (exact) mass is 273 g/mol. The molecule has 5 nitrogen and oxygen atoms in total. The minimum absolute atomic E-state index is 0.190. The molecule has 0 saturated heterocycles. The third-order valence-electron chi connectivity index (χ3n) is 3.28. The maximum Gasteiger partial charge on any atom is 0.127 e. The molecule has 2 aromatic rings. The summed E-state index contributed by atoms with van der Waals surface area (Å²) in [5.41, 5.74) is 5.70. The van der Waals surface area contributed by atoms with E-state index in [1.807, 2.05) is 37.3 Å². The molecular formula is C15H19N3O2. The molecule has 0 aliphatic carbocycles. The minimum atomic E-state index is -0.190. The van der Waals surface area contributed by atoms with Crippen molar-refractivity contribution in [2.45, 2.75) is 13.0 Å². The van der Waals surface area contributed by atoms with Gasteiger partial charge >= 0.3 is 0 Å². The summed E-state index contributed by atoms with van der Waals surface area (Å²) in [5, 5.41) is 0. The van der Waals surface area contributed by atoms with Gasteiger partial charge < -0.3 is 9.47 Å². The van der Waals surface area contributed by atoms with Crippen LogP contribution in [0.4, 0.5) is 0 Å². The summed E-state index contributed by atoms with van der Waals surface area (Å²) in [4.78, 5) is 4.30. The largest absolute Gasteiger partial charge is 0.497 e. The van der Waals surface area contributed by atoms with Gasteiger partial charge in [0.2, 0.25) is 0 Å².